The van der Waals surface area contributed by atoms with E-state index in [1.807, 2.05) is 47.2 Å². The molecule has 5 aromatic rings. The molecule has 0 radical (unpaired) electrons. The fourth-order valence-corrected chi connectivity index (χ4v) is 8.05. The molecule has 1 saturated carbocycles. The molecule has 13 heteroatoms. The summed E-state index contributed by atoms with van der Waals surface area (Å²) < 4.78 is 11.9. The van der Waals surface area contributed by atoms with Crippen LogP contribution in [0.3, 0.4) is 0 Å². The molecule has 3 heterocycles. The zero-order chi connectivity index (χ0) is 34.4. The fourth-order valence-electron chi connectivity index (χ4n) is 6.34. The van der Waals surface area contributed by atoms with E-state index in [9.17, 15) is 24.9 Å². The number of phenolic OH excluding ortho intramolecular Hbond substituents is 1. The minimum atomic E-state index is -1.78. The predicted octanol–water partition coefficient (Wildman–Crippen LogP) is 5.43. The van der Waals surface area contributed by atoms with Crippen LogP contribution in [-0.4, -0.2) is 70.1 Å². The van der Waals surface area contributed by atoms with Crippen LogP contribution in [0.2, 0.25) is 0 Å². The number of hydrogen-bond donors (Lipinski definition) is 5. The van der Waals surface area contributed by atoms with E-state index in [0.29, 0.717) is 52.0 Å². The summed E-state index contributed by atoms with van der Waals surface area (Å²) in [6.45, 7) is 2.13. The van der Waals surface area contributed by atoms with Crippen molar-refractivity contribution in [1.82, 2.24) is 15.2 Å². The van der Waals surface area contributed by atoms with Crippen molar-refractivity contribution in [2.45, 2.75) is 56.1 Å². The van der Waals surface area contributed by atoms with Crippen molar-refractivity contribution < 1.29 is 34.3 Å². The van der Waals surface area contributed by atoms with Gasteiger partial charge >= 0.3 is 5.97 Å². The molecule has 0 saturated heterocycles. The number of ether oxygens (including phenoxy) is 2. The lowest BCUT2D eigenvalue weighted by atomic mass is 9.91. The SMILES string of the molecule is CN(CCOc1ccc(CNC[C@H](O)c2ccc(O)c3[nH]c(=O)ccc23)cc1)[C@H]1CC[C@H](OC(=O)C(O)(c2cccs2)c2cccs2)CC1.F. The molecule has 2 aromatic carbocycles. The van der Waals surface area contributed by atoms with Gasteiger partial charge in [-0.3, -0.25) is 9.50 Å². The molecule has 1 atom stereocenters. The first-order chi connectivity index (χ1) is 23.7. The first-order valence-corrected chi connectivity index (χ1v) is 18.2. The average Bonchev–Trinajstić information content (AvgIpc) is 3.86. The van der Waals surface area contributed by atoms with E-state index in [0.717, 1.165) is 43.5 Å². The van der Waals surface area contributed by atoms with E-state index in [-0.39, 0.29) is 22.1 Å². The number of aliphatic hydroxyl groups excluding tert-OH is 1. The number of halogens is 1. The molecule has 10 nitrogen and oxygen atoms in total. The summed E-state index contributed by atoms with van der Waals surface area (Å²) in [6, 6.07) is 21.5. The maximum Gasteiger partial charge on any atom is 0.349 e. The average molecular weight is 724 g/mol. The normalized spacial score (nSPS) is 17.0. The highest BCUT2D eigenvalue weighted by Gasteiger charge is 2.45. The van der Waals surface area contributed by atoms with E-state index in [4.69, 9.17) is 9.47 Å². The van der Waals surface area contributed by atoms with Crippen LogP contribution in [-0.2, 0) is 21.7 Å². The smallest absolute Gasteiger partial charge is 0.349 e. The van der Waals surface area contributed by atoms with Gasteiger partial charge in [-0.2, -0.15) is 0 Å². The summed E-state index contributed by atoms with van der Waals surface area (Å²) in [7, 11) is 2.09. The number of H-pyrrole nitrogens is 1. The molecule has 6 rings (SSSR count). The number of pyridine rings is 1. The second-order valence-electron chi connectivity index (χ2n) is 12.4. The van der Waals surface area contributed by atoms with Gasteiger partial charge in [-0.25, -0.2) is 4.79 Å². The number of carbonyl (C=O) groups excluding carboxylic acids is 1. The topological polar surface area (TPSA) is 144 Å². The number of aliphatic hydroxyl groups is 2. The number of hydrogen-bond acceptors (Lipinski definition) is 11. The lowest BCUT2D eigenvalue weighted by Crippen LogP contribution is -2.42. The largest absolute Gasteiger partial charge is 0.506 e. The summed E-state index contributed by atoms with van der Waals surface area (Å²) in [6.07, 6.45) is 2.21. The third kappa shape index (κ3) is 8.43. The molecule has 5 N–H and O–H groups in total. The van der Waals surface area contributed by atoms with Crippen molar-refractivity contribution >= 4 is 39.5 Å². The Bertz CT molecular complexity index is 1840. The van der Waals surface area contributed by atoms with Crippen LogP contribution in [0.4, 0.5) is 4.70 Å². The number of esters is 1. The third-order valence-corrected chi connectivity index (χ3v) is 11.1. The van der Waals surface area contributed by atoms with Gasteiger partial charge in [-0.15, -0.1) is 22.7 Å². The van der Waals surface area contributed by atoms with Gasteiger partial charge < -0.3 is 40.0 Å². The molecule has 1 aliphatic carbocycles. The highest BCUT2D eigenvalue weighted by molar-refractivity contribution is 7.12. The zero-order valence-corrected chi connectivity index (χ0v) is 29.3. The van der Waals surface area contributed by atoms with E-state index >= 15 is 0 Å². The molecule has 1 fully saturated rings. The number of carbonyl (C=O) groups is 1. The van der Waals surface area contributed by atoms with Crippen LogP contribution in [0, 0.1) is 0 Å². The monoisotopic (exact) mass is 723 g/mol. The van der Waals surface area contributed by atoms with Gasteiger partial charge in [-0.1, -0.05) is 30.3 Å². The van der Waals surface area contributed by atoms with E-state index in [1.54, 1.807) is 24.3 Å². The lowest BCUT2D eigenvalue weighted by Gasteiger charge is -2.35. The van der Waals surface area contributed by atoms with Crippen molar-refractivity contribution in [3.05, 3.63) is 115 Å². The standard InChI is InChI=1S/C37H41N3O7S2.FH/c1-40(25-8-12-27(13-9-25)47-36(44)37(45,32-4-2-20-48-32)33-5-3-21-49-33)18-19-46-26-10-6-24(7-11-26)22-38-23-31(42)28-14-16-30(41)35-29(28)15-17-34(43)39-35;/h2-7,10-11,14-17,20-21,25,27,31,38,41-42,45H,8-9,12-13,18-19,22-23H2,1H3,(H,39,43);1H/t25-,27-,31-;/m0./s1. The number of aromatic amines is 1. The van der Waals surface area contributed by atoms with Crippen molar-refractivity contribution in [2.75, 3.05) is 26.7 Å². The van der Waals surface area contributed by atoms with Gasteiger partial charge in [-0.05, 0) is 91.0 Å². The Hall–Kier alpha value is -4.11. The highest BCUT2D eigenvalue weighted by atomic mass is 32.1. The quantitative estimate of drug-likeness (QED) is 0.0948. The van der Waals surface area contributed by atoms with Crippen molar-refractivity contribution in [2.24, 2.45) is 0 Å². The Morgan fingerprint density at radius 1 is 1.00 bits per heavy atom. The molecule has 50 heavy (non-hydrogen) atoms. The maximum absolute atomic E-state index is 13.3. The molecule has 266 valence electrons. The van der Waals surface area contributed by atoms with Gasteiger partial charge in [0.2, 0.25) is 11.2 Å². The van der Waals surface area contributed by atoms with E-state index in [1.165, 1.54) is 34.8 Å². The fraction of sp³-hybridized carbons (Fsp3) is 0.351. The van der Waals surface area contributed by atoms with Crippen molar-refractivity contribution in [3.8, 4) is 11.5 Å². The summed E-state index contributed by atoms with van der Waals surface area (Å²) in [5, 5.41) is 40.0. The predicted molar refractivity (Wildman–Crippen MR) is 194 cm³/mol. The number of thiophene rings is 2. The molecular formula is C37H42FN3O7S2. The van der Waals surface area contributed by atoms with E-state index < -0.39 is 17.7 Å². The third-order valence-electron chi connectivity index (χ3n) is 9.16. The summed E-state index contributed by atoms with van der Waals surface area (Å²) >= 11 is 2.69. The number of likely N-dealkylation sites (N-methyl/N-ethyl adjacent to an activating group) is 1. The van der Waals surface area contributed by atoms with Crippen molar-refractivity contribution in [1.29, 1.82) is 0 Å². The van der Waals surface area contributed by atoms with Gasteiger partial charge in [0.25, 0.3) is 0 Å². The van der Waals surface area contributed by atoms with Gasteiger partial charge in [0.1, 0.15) is 24.2 Å². The van der Waals surface area contributed by atoms with Crippen LogP contribution in [0.1, 0.15) is 52.7 Å². The number of nitrogens with zero attached hydrogens (tertiary/aromatic N) is 1. The number of aromatic hydroxyl groups is 1. The van der Waals surface area contributed by atoms with Crippen LogP contribution in [0.25, 0.3) is 10.9 Å². The summed E-state index contributed by atoms with van der Waals surface area (Å²) in [4.78, 5) is 31.0. The minimum absolute atomic E-state index is 0. The zero-order valence-electron chi connectivity index (χ0n) is 27.6. The summed E-state index contributed by atoms with van der Waals surface area (Å²) in [5.41, 5.74) is -0.125. The van der Waals surface area contributed by atoms with Crippen LogP contribution >= 0.6 is 22.7 Å². The van der Waals surface area contributed by atoms with E-state index in [2.05, 4.69) is 22.2 Å². The minimum Gasteiger partial charge on any atom is -0.506 e. The highest BCUT2D eigenvalue weighted by Crippen LogP contribution is 2.38. The number of aromatic nitrogens is 1. The Morgan fingerprint density at radius 2 is 1.68 bits per heavy atom. The van der Waals surface area contributed by atoms with Crippen molar-refractivity contribution in [3.63, 3.8) is 0 Å². The molecule has 0 unspecified atom stereocenters. The Morgan fingerprint density at radius 3 is 2.32 bits per heavy atom. The molecule has 0 amide bonds. The number of fused-ring (bicyclic) bond motifs is 1. The molecule has 0 bridgehead atoms. The van der Waals surface area contributed by atoms with Crippen LogP contribution < -0.4 is 15.6 Å². The molecular weight excluding hydrogens is 682 g/mol. The number of phenols is 1. The second-order valence-corrected chi connectivity index (χ2v) is 14.3. The number of nitrogens with one attached hydrogen (secondary N) is 2. The molecule has 3 aromatic heterocycles. The first kappa shape index (κ1) is 37.2. The van der Waals surface area contributed by atoms with Gasteiger partial charge in [0.05, 0.1) is 21.4 Å². The number of rotatable bonds is 14. The Labute approximate surface area is 297 Å². The molecule has 1 aliphatic rings. The van der Waals surface area contributed by atoms with Gasteiger partial charge in [0.15, 0.2) is 0 Å². The lowest BCUT2D eigenvalue weighted by molar-refractivity contribution is -0.169. The second kappa shape index (κ2) is 16.7. The maximum atomic E-state index is 13.3. The Balaban J connectivity index is 0.00000486. The first-order valence-electron chi connectivity index (χ1n) is 16.4. The number of benzene rings is 2. The van der Waals surface area contributed by atoms with Crippen LogP contribution in [0.5, 0.6) is 11.5 Å². The summed E-state index contributed by atoms with van der Waals surface area (Å²) in [5.74, 6) is 0.134. The van der Waals surface area contributed by atoms with Crippen LogP contribution in [0.15, 0.2) is 88.4 Å². The molecule has 0 aliphatic heterocycles. The molecule has 0 spiro atoms. The Kier molecular flexibility index (Phi) is 12.4. The van der Waals surface area contributed by atoms with Gasteiger partial charge in [0, 0.05) is 37.1 Å².